The van der Waals surface area contributed by atoms with E-state index in [9.17, 15) is 0 Å². The molecule has 0 spiro atoms. The Hall–Kier alpha value is -1.96. The molecule has 1 fully saturated rings. The molecule has 0 amide bonds. The molecule has 2 aromatic carbocycles. The molecule has 1 saturated carbocycles. The number of hydrogen-bond donors (Lipinski definition) is 2. The van der Waals surface area contributed by atoms with Crippen LogP contribution in [0, 0.1) is 0 Å². The van der Waals surface area contributed by atoms with Crippen molar-refractivity contribution in [3.63, 3.8) is 0 Å². The van der Waals surface area contributed by atoms with Gasteiger partial charge in [-0.05, 0) is 89.1 Å². The molecule has 0 unspecified atom stereocenters. The number of nitrogens with one attached hydrogen (secondary N) is 2. The van der Waals surface area contributed by atoms with E-state index in [-0.39, 0.29) is 11.1 Å². The average molecular weight is 337 g/mol. The van der Waals surface area contributed by atoms with Crippen LogP contribution in [-0.2, 0) is 6.42 Å². The summed E-state index contributed by atoms with van der Waals surface area (Å²) in [6.07, 6.45) is 3.66. The first-order chi connectivity index (χ1) is 11.7. The van der Waals surface area contributed by atoms with Gasteiger partial charge in [-0.2, -0.15) is 0 Å². The van der Waals surface area contributed by atoms with Gasteiger partial charge < -0.3 is 10.6 Å². The average Bonchev–Trinajstić information content (AvgIpc) is 3.30. The zero-order valence-corrected chi connectivity index (χ0v) is 16.3. The zero-order valence-electron chi connectivity index (χ0n) is 16.3. The molecule has 0 atom stereocenters. The van der Waals surface area contributed by atoms with E-state index in [0.29, 0.717) is 0 Å². The molecule has 0 radical (unpaired) electrons. The molecular weight excluding hydrogens is 304 g/mol. The van der Waals surface area contributed by atoms with Crippen molar-refractivity contribution in [3.05, 3.63) is 59.7 Å². The van der Waals surface area contributed by atoms with Crippen LogP contribution in [0.3, 0.4) is 0 Å². The minimum Gasteiger partial charge on any atom is -0.380 e. The summed E-state index contributed by atoms with van der Waals surface area (Å²) in [6, 6.07) is 17.3. The van der Waals surface area contributed by atoms with Crippen molar-refractivity contribution in [3.8, 4) is 0 Å². The molecule has 1 aliphatic rings. The lowest BCUT2D eigenvalue weighted by molar-refractivity contribution is 0.561. The Bertz CT molecular complexity index is 707. The van der Waals surface area contributed by atoms with Crippen LogP contribution in [0.15, 0.2) is 48.5 Å². The quantitative estimate of drug-likeness (QED) is 0.655. The second-order valence-corrected chi connectivity index (χ2v) is 9.08. The maximum absolute atomic E-state index is 3.73. The third-order valence-corrected chi connectivity index (χ3v) is 4.58. The molecule has 25 heavy (non-hydrogen) atoms. The molecule has 2 N–H and O–H groups in total. The maximum atomic E-state index is 3.73. The fourth-order valence-corrected chi connectivity index (χ4v) is 3.57. The highest BCUT2D eigenvalue weighted by atomic mass is 15.0. The third kappa shape index (κ3) is 5.01. The van der Waals surface area contributed by atoms with Crippen LogP contribution in [-0.4, -0.2) is 11.1 Å². The molecule has 2 nitrogen and oxygen atoms in total. The lowest BCUT2D eigenvalue weighted by Gasteiger charge is -2.30. The molecule has 0 bridgehead atoms. The predicted molar refractivity (Wildman–Crippen MR) is 110 cm³/mol. The molecular formula is C23H32N2. The van der Waals surface area contributed by atoms with E-state index >= 15 is 0 Å². The second kappa shape index (κ2) is 6.74. The first kappa shape index (κ1) is 17.8. The standard InChI is InChI=1S/C23H32N2/c1-22(2,3)25-20-13-9-10-18(21(20)17-14-15-17)16-23(4,5)24-19-11-7-6-8-12-19/h6-13,17,24-25H,14-16H2,1-5H3. The van der Waals surface area contributed by atoms with Crippen molar-refractivity contribution < 1.29 is 0 Å². The van der Waals surface area contributed by atoms with Crippen molar-refractivity contribution in [2.45, 2.75) is 70.9 Å². The molecule has 1 aliphatic carbocycles. The van der Waals surface area contributed by atoms with Gasteiger partial charge in [0.25, 0.3) is 0 Å². The van der Waals surface area contributed by atoms with E-state index in [2.05, 4.69) is 93.8 Å². The number of anilines is 2. The van der Waals surface area contributed by atoms with E-state index in [1.54, 1.807) is 5.56 Å². The fraction of sp³-hybridized carbons (Fsp3) is 0.478. The number of hydrogen-bond acceptors (Lipinski definition) is 2. The highest BCUT2D eigenvalue weighted by molar-refractivity contribution is 5.59. The van der Waals surface area contributed by atoms with Gasteiger partial charge in [0.05, 0.1) is 0 Å². The molecule has 0 aliphatic heterocycles. The Morgan fingerprint density at radius 2 is 1.52 bits per heavy atom. The summed E-state index contributed by atoms with van der Waals surface area (Å²) < 4.78 is 0. The summed E-state index contributed by atoms with van der Waals surface area (Å²) in [6.45, 7) is 11.3. The van der Waals surface area contributed by atoms with Crippen molar-refractivity contribution in [1.82, 2.24) is 0 Å². The van der Waals surface area contributed by atoms with Crippen LogP contribution in [0.5, 0.6) is 0 Å². The molecule has 134 valence electrons. The maximum Gasteiger partial charge on any atom is 0.0382 e. The van der Waals surface area contributed by atoms with Gasteiger partial charge in [-0.25, -0.2) is 0 Å². The van der Waals surface area contributed by atoms with Gasteiger partial charge in [-0.15, -0.1) is 0 Å². The van der Waals surface area contributed by atoms with Crippen molar-refractivity contribution in [2.75, 3.05) is 10.6 Å². The van der Waals surface area contributed by atoms with Crippen molar-refractivity contribution >= 4 is 11.4 Å². The minimum absolute atomic E-state index is 0.00531. The van der Waals surface area contributed by atoms with Crippen LogP contribution in [0.2, 0.25) is 0 Å². The van der Waals surface area contributed by atoms with E-state index in [1.165, 1.54) is 29.8 Å². The Labute approximate surface area is 153 Å². The highest BCUT2D eigenvalue weighted by Gasteiger charge is 2.31. The van der Waals surface area contributed by atoms with Gasteiger partial charge in [0.15, 0.2) is 0 Å². The fourth-order valence-electron chi connectivity index (χ4n) is 3.57. The smallest absolute Gasteiger partial charge is 0.0382 e. The third-order valence-electron chi connectivity index (χ3n) is 4.58. The van der Waals surface area contributed by atoms with Gasteiger partial charge >= 0.3 is 0 Å². The van der Waals surface area contributed by atoms with E-state index in [0.717, 1.165) is 12.3 Å². The molecule has 3 rings (SSSR count). The van der Waals surface area contributed by atoms with Crippen molar-refractivity contribution in [2.24, 2.45) is 0 Å². The zero-order chi connectivity index (χ0) is 18.1. The lowest BCUT2D eigenvalue weighted by Crippen LogP contribution is -2.34. The van der Waals surface area contributed by atoms with Crippen LogP contribution in [0.4, 0.5) is 11.4 Å². The highest BCUT2D eigenvalue weighted by Crippen LogP contribution is 2.46. The Balaban J connectivity index is 1.85. The first-order valence-electron chi connectivity index (χ1n) is 9.47. The Kier molecular flexibility index (Phi) is 4.81. The monoisotopic (exact) mass is 336 g/mol. The molecule has 0 aromatic heterocycles. The first-order valence-corrected chi connectivity index (χ1v) is 9.47. The van der Waals surface area contributed by atoms with Crippen molar-refractivity contribution in [1.29, 1.82) is 0 Å². The topological polar surface area (TPSA) is 24.1 Å². The second-order valence-electron chi connectivity index (χ2n) is 9.08. The van der Waals surface area contributed by atoms with Crippen LogP contribution >= 0.6 is 0 Å². The summed E-state index contributed by atoms with van der Waals surface area (Å²) in [5, 5.41) is 7.43. The minimum atomic E-state index is 0.00531. The lowest BCUT2D eigenvalue weighted by atomic mass is 9.88. The summed E-state index contributed by atoms with van der Waals surface area (Å²) >= 11 is 0. The molecule has 0 heterocycles. The Morgan fingerprint density at radius 1 is 0.840 bits per heavy atom. The summed E-state index contributed by atoms with van der Waals surface area (Å²) in [5.41, 5.74) is 5.61. The van der Waals surface area contributed by atoms with Gasteiger partial charge in [-0.3, -0.25) is 0 Å². The molecule has 2 aromatic rings. The van der Waals surface area contributed by atoms with Crippen LogP contribution in [0.25, 0.3) is 0 Å². The summed E-state index contributed by atoms with van der Waals surface area (Å²) in [7, 11) is 0. The van der Waals surface area contributed by atoms with E-state index < -0.39 is 0 Å². The van der Waals surface area contributed by atoms with Gasteiger partial charge in [0.2, 0.25) is 0 Å². The number of para-hydroxylation sites is 1. The van der Waals surface area contributed by atoms with Gasteiger partial charge in [0, 0.05) is 22.5 Å². The molecule has 2 heteroatoms. The predicted octanol–water partition coefficient (Wildman–Crippen LogP) is 6.21. The van der Waals surface area contributed by atoms with E-state index in [4.69, 9.17) is 0 Å². The number of benzene rings is 2. The largest absolute Gasteiger partial charge is 0.380 e. The Morgan fingerprint density at radius 3 is 2.12 bits per heavy atom. The summed E-state index contributed by atoms with van der Waals surface area (Å²) in [4.78, 5) is 0. The summed E-state index contributed by atoms with van der Waals surface area (Å²) in [5.74, 6) is 0.730. The normalized spacial score (nSPS) is 15.1. The number of rotatable bonds is 6. The van der Waals surface area contributed by atoms with Crippen LogP contribution < -0.4 is 10.6 Å². The van der Waals surface area contributed by atoms with E-state index in [1.807, 2.05) is 0 Å². The van der Waals surface area contributed by atoms with Crippen LogP contribution in [0.1, 0.15) is 64.5 Å². The van der Waals surface area contributed by atoms with Gasteiger partial charge in [-0.1, -0.05) is 30.3 Å². The molecule has 0 saturated heterocycles. The van der Waals surface area contributed by atoms with Gasteiger partial charge in [0.1, 0.15) is 0 Å². The SMILES string of the molecule is CC(C)(C)Nc1cccc(CC(C)(C)Nc2ccccc2)c1C1CC1.